The molecule has 0 radical (unpaired) electrons. The number of nitrogens with zero attached hydrogens (tertiary/aromatic N) is 1. The van der Waals surface area contributed by atoms with Gasteiger partial charge < -0.3 is 22.0 Å². The molecule has 0 aliphatic carbocycles. The molecule has 0 aromatic carbocycles. The smallest absolute Gasteiger partial charge is 0.116 e. The molecule has 0 heterocycles. The molecule has 15 heavy (non-hydrogen) atoms. The normalized spacial score (nSPS) is 12.7. The number of rotatable bonds is 8. The molecule has 2 nitrogen and oxygen atoms in total. The lowest BCUT2D eigenvalue weighted by Gasteiger charge is -2.37. The van der Waals surface area contributed by atoms with E-state index in [0.717, 1.165) is 24.1 Å². The van der Waals surface area contributed by atoms with Gasteiger partial charge in [0.25, 0.3) is 0 Å². The van der Waals surface area contributed by atoms with Crippen LogP contribution in [0.2, 0.25) is 0 Å². The molecule has 0 aromatic rings. The summed E-state index contributed by atoms with van der Waals surface area (Å²) in [5.41, 5.74) is 0. The minimum atomic E-state index is -0.448. The Balaban J connectivity index is 0. The molecule has 0 fully saturated rings. The first-order valence-electron chi connectivity index (χ1n) is 4.95. The Bertz CT molecular complexity index is 175. The quantitative estimate of drug-likeness (QED) is 0.328. The second kappa shape index (κ2) is 9.22. The number of aliphatic hydroxyl groups is 1. The molecule has 90 valence electrons. The molecule has 0 saturated heterocycles. The van der Waals surface area contributed by atoms with Gasteiger partial charge in [0, 0.05) is 0 Å². The van der Waals surface area contributed by atoms with Gasteiger partial charge in [-0.2, -0.15) is 0 Å². The average Bonchev–Trinajstić information content (AvgIpc) is 2.18. The Kier molecular flexibility index (Phi) is 10.7. The fourth-order valence-electron chi connectivity index (χ4n) is 1.65. The third-order valence-electron chi connectivity index (χ3n) is 2.48. The summed E-state index contributed by atoms with van der Waals surface area (Å²) in [5.74, 6) is 0.286. The molecule has 0 saturated carbocycles. The molecule has 0 bridgehead atoms. The molecule has 1 N–H and O–H groups in total. The van der Waals surface area contributed by atoms with Gasteiger partial charge in [-0.05, 0) is 19.1 Å². The SMILES string of the molecule is C=CC[N+](CC)(CC=C)CC(O)CCl.[Cl-]. The van der Waals surface area contributed by atoms with E-state index in [1.54, 1.807) is 0 Å². The topological polar surface area (TPSA) is 20.2 Å². The molecule has 1 unspecified atom stereocenters. The highest BCUT2D eigenvalue weighted by Gasteiger charge is 2.25. The summed E-state index contributed by atoms with van der Waals surface area (Å²) in [4.78, 5) is 0. The minimum absolute atomic E-state index is 0. The number of alkyl halides is 1. The van der Waals surface area contributed by atoms with Crippen LogP contribution < -0.4 is 12.4 Å². The number of likely N-dealkylation sites (N-methyl/N-ethyl adjacent to an activating group) is 1. The molecule has 4 heteroatoms. The van der Waals surface area contributed by atoms with Crippen LogP contribution in [0, 0.1) is 0 Å². The fraction of sp³-hybridized carbons (Fsp3) is 0.636. The van der Waals surface area contributed by atoms with Gasteiger partial charge in [-0.15, -0.1) is 11.6 Å². The van der Waals surface area contributed by atoms with Gasteiger partial charge in [-0.25, -0.2) is 0 Å². The van der Waals surface area contributed by atoms with Gasteiger partial charge in [0.2, 0.25) is 0 Å². The van der Waals surface area contributed by atoms with Crippen molar-refractivity contribution in [3.63, 3.8) is 0 Å². The van der Waals surface area contributed by atoms with Crippen LogP contribution in [0.15, 0.2) is 25.3 Å². The Labute approximate surface area is 104 Å². The highest BCUT2D eigenvalue weighted by atomic mass is 35.5. The van der Waals surface area contributed by atoms with Crippen LogP contribution in [0.4, 0.5) is 0 Å². The van der Waals surface area contributed by atoms with E-state index in [9.17, 15) is 5.11 Å². The Morgan fingerprint density at radius 1 is 1.33 bits per heavy atom. The van der Waals surface area contributed by atoms with Crippen molar-refractivity contribution in [1.29, 1.82) is 0 Å². The summed E-state index contributed by atoms with van der Waals surface area (Å²) < 4.78 is 0.779. The first kappa shape index (κ1) is 17.4. The average molecular weight is 254 g/mol. The Morgan fingerprint density at radius 3 is 2.07 bits per heavy atom. The van der Waals surface area contributed by atoms with Gasteiger partial charge in [-0.3, -0.25) is 0 Å². The van der Waals surface area contributed by atoms with E-state index in [4.69, 9.17) is 11.6 Å². The maximum Gasteiger partial charge on any atom is 0.116 e. The number of halogens is 2. The molecule has 0 rings (SSSR count). The standard InChI is InChI=1S/C11H21ClNO.ClH/c1-4-7-13(6-3,8-5-2)10-11(14)9-12;/h4-5,11,14H,1-2,6-10H2,3H3;1H/q+1;/p-1. The fourth-order valence-corrected chi connectivity index (χ4v) is 1.75. The summed E-state index contributed by atoms with van der Waals surface area (Å²) in [6.45, 7) is 12.9. The molecule has 0 aromatic heterocycles. The largest absolute Gasteiger partial charge is 1.00 e. The molecule has 0 amide bonds. The first-order chi connectivity index (χ1) is 6.64. The highest BCUT2D eigenvalue weighted by molar-refractivity contribution is 6.18. The third-order valence-corrected chi connectivity index (χ3v) is 2.84. The molecular weight excluding hydrogens is 233 g/mol. The van der Waals surface area contributed by atoms with Crippen LogP contribution in [-0.4, -0.2) is 47.8 Å². The van der Waals surface area contributed by atoms with Gasteiger partial charge in [0.15, 0.2) is 0 Å². The first-order valence-corrected chi connectivity index (χ1v) is 5.48. The summed E-state index contributed by atoms with van der Waals surface area (Å²) in [6.07, 6.45) is 3.32. The maximum atomic E-state index is 9.56. The number of quaternary nitrogens is 1. The number of aliphatic hydroxyl groups excluding tert-OH is 1. The monoisotopic (exact) mass is 253 g/mol. The number of hydrogen-bond donors (Lipinski definition) is 1. The van der Waals surface area contributed by atoms with E-state index in [1.807, 2.05) is 12.2 Å². The molecular formula is C11H21Cl2NO. The lowest BCUT2D eigenvalue weighted by Crippen LogP contribution is -3.00. The van der Waals surface area contributed by atoms with Crippen molar-refractivity contribution >= 4 is 11.6 Å². The third kappa shape index (κ3) is 6.21. The Morgan fingerprint density at radius 2 is 1.80 bits per heavy atom. The lowest BCUT2D eigenvalue weighted by atomic mass is 10.2. The highest BCUT2D eigenvalue weighted by Crippen LogP contribution is 2.09. The van der Waals surface area contributed by atoms with Crippen molar-refractivity contribution in [1.82, 2.24) is 0 Å². The van der Waals surface area contributed by atoms with E-state index in [1.165, 1.54) is 0 Å². The summed E-state index contributed by atoms with van der Waals surface area (Å²) >= 11 is 5.60. The van der Waals surface area contributed by atoms with Gasteiger partial charge in [-0.1, -0.05) is 13.2 Å². The lowest BCUT2D eigenvalue weighted by molar-refractivity contribution is -0.918. The van der Waals surface area contributed by atoms with Crippen molar-refractivity contribution in [3.8, 4) is 0 Å². The molecule has 1 atom stereocenters. The van der Waals surface area contributed by atoms with Crippen LogP contribution in [0.3, 0.4) is 0 Å². The molecule has 0 aliphatic rings. The van der Waals surface area contributed by atoms with E-state index in [-0.39, 0.29) is 18.3 Å². The predicted octanol–water partition coefficient (Wildman–Crippen LogP) is -1.20. The minimum Gasteiger partial charge on any atom is -1.00 e. The zero-order valence-corrected chi connectivity index (χ0v) is 10.8. The molecule has 0 aliphatic heterocycles. The van der Waals surface area contributed by atoms with Gasteiger partial charge in [0.1, 0.15) is 12.6 Å². The van der Waals surface area contributed by atoms with E-state index in [2.05, 4.69) is 20.1 Å². The number of hydrogen-bond acceptors (Lipinski definition) is 1. The van der Waals surface area contributed by atoms with E-state index < -0.39 is 6.10 Å². The molecule has 0 spiro atoms. The van der Waals surface area contributed by atoms with Crippen molar-refractivity contribution in [3.05, 3.63) is 25.3 Å². The zero-order chi connectivity index (χ0) is 11.0. The van der Waals surface area contributed by atoms with Crippen molar-refractivity contribution in [2.45, 2.75) is 13.0 Å². The van der Waals surface area contributed by atoms with Gasteiger partial charge >= 0.3 is 0 Å². The summed E-state index contributed by atoms with van der Waals surface area (Å²) in [7, 11) is 0. The van der Waals surface area contributed by atoms with Crippen LogP contribution in [0.5, 0.6) is 0 Å². The van der Waals surface area contributed by atoms with Crippen LogP contribution in [0.1, 0.15) is 6.92 Å². The Hall–Kier alpha value is -0.0200. The summed E-state index contributed by atoms with van der Waals surface area (Å²) in [5, 5.41) is 9.56. The second-order valence-corrected chi connectivity index (χ2v) is 3.90. The van der Waals surface area contributed by atoms with Crippen molar-refractivity contribution < 1.29 is 22.0 Å². The van der Waals surface area contributed by atoms with Crippen molar-refractivity contribution in [2.75, 3.05) is 32.1 Å². The second-order valence-electron chi connectivity index (χ2n) is 3.59. The zero-order valence-electron chi connectivity index (χ0n) is 9.33. The van der Waals surface area contributed by atoms with Crippen LogP contribution in [-0.2, 0) is 0 Å². The van der Waals surface area contributed by atoms with E-state index >= 15 is 0 Å². The predicted molar refractivity (Wildman–Crippen MR) is 62.5 cm³/mol. The van der Waals surface area contributed by atoms with Crippen LogP contribution >= 0.6 is 11.6 Å². The van der Waals surface area contributed by atoms with Gasteiger partial charge in [0.05, 0.1) is 25.5 Å². The maximum absolute atomic E-state index is 9.56. The van der Waals surface area contributed by atoms with Crippen molar-refractivity contribution in [2.24, 2.45) is 0 Å². The summed E-state index contributed by atoms with van der Waals surface area (Å²) in [6, 6.07) is 0. The van der Waals surface area contributed by atoms with E-state index in [0.29, 0.717) is 6.54 Å². The van der Waals surface area contributed by atoms with Crippen LogP contribution in [0.25, 0.3) is 0 Å².